The van der Waals surface area contributed by atoms with Gasteiger partial charge in [0.2, 0.25) is 0 Å². The average Bonchev–Trinajstić information content (AvgIpc) is 2.57. The van der Waals surface area contributed by atoms with Gasteiger partial charge in [-0.3, -0.25) is 0 Å². The van der Waals surface area contributed by atoms with Crippen LogP contribution in [0.5, 0.6) is 0 Å². The Labute approximate surface area is 66.0 Å². The summed E-state index contributed by atoms with van der Waals surface area (Å²) in [5, 5.41) is 18.9. The highest BCUT2D eigenvalue weighted by Gasteiger charge is 2.61. The minimum Gasteiger partial charge on any atom is -0.390 e. The van der Waals surface area contributed by atoms with Gasteiger partial charge in [0.15, 0.2) is 0 Å². The molecule has 0 aromatic carbocycles. The molecule has 1 aliphatic carbocycles. The van der Waals surface area contributed by atoms with E-state index in [2.05, 4.69) is 0 Å². The Hall–Kier alpha value is -0.120. The van der Waals surface area contributed by atoms with Gasteiger partial charge < -0.3 is 14.9 Å². The van der Waals surface area contributed by atoms with Crippen molar-refractivity contribution in [2.45, 2.75) is 44.2 Å². The van der Waals surface area contributed by atoms with Crippen molar-refractivity contribution in [2.75, 3.05) is 0 Å². The maximum atomic E-state index is 9.49. The molecule has 64 valence electrons. The molecular weight excluding hydrogens is 144 g/mol. The second kappa shape index (κ2) is 1.97. The summed E-state index contributed by atoms with van der Waals surface area (Å²) in [4.78, 5) is 0. The van der Waals surface area contributed by atoms with Gasteiger partial charge in [-0.2, -0.15) is 0 Å². The second-order valence-electron chi connectivity index (χ2n) is 3.93. The van der Waals surface area contributed by atoms with Crippen LogP contribution in [0.2, 0.25) is 0 Å². The van der Waals surface area contributed by atoms with E-state index in [0.717, 1.165) is 6.42 Å². The molecule has 2 rings (SSSR count). The van der Waals surface area contributed by atoms with E-state index >= 15 is 0 Å². The number of hydrogen-bond donors (Lipinski definition) is 2. The van der Waals surface area contributed by atoms with Gasteiger partial charge in [-0.05, 0) is 20.3 Å². The van der Waals surface area contributed by atoms with Crippen molar-refractivity contribution in [1.82, 2.24) is 0 Å². The number of hydrogen-bond acceptors (Lipinski definition) is 3. The molecule has 0 radical (unpaired) electrons. The van der Waals surface area contributed by atoms with Crippen LogP contribution in [0.25, 0.3) is 0 Å². The average molecular weight is 158 g/mol. The van der Waals surface area contributed by atoms with Crippen molar-refractivity contribution in [1.29, 1.82) is 0 Å². The van der Waals surface area contributed by atoms with Crippen LogP contribution in [0.15, 0.2) is 0 Å². The van der Waals surface area contributed by atoms with E-state index in [1.54, 1.807) is 6.92 Å². The fraction of sp³-hybridized carbons (Fsp3) is 1.00. The number of aliphatic hydroxyl groups excluding tert-OH is 2. The number of rotatable bonds is 0. The maximum Gasteiger partial charge on any atom is 0.106 e. The summed E-state index contributed by atoms with van der Waals surface area (Å²) in [5.74, 6) is 0.161. The first-order valence-corrected chi connectivity index (χ1v) is 4.08. The molecule has 1 heterocycles. The summed E-state index contributed by atoms with van der Waals surface area (Å²) in [6, 6.07) is 0. The fourth-order valence-corrected chi connectivity index (χ4v) is 2.01. The minimum absolute atomic E-state index is 0.141. The predicted octanol–water partition coefficient (Wildman–Crippen LogP) is -0.0945. The SMILES string of the molecule is CC1OC2(C)CC2[C@H](O)[C@@H]1O. The Kier molecular flexibility index (Phi) is 1.35. The van der Waals surface area contributed by atoms with Crippen molar-refractivity contribution >= 4 is 0 Å². The molecule has 1 saturated heterocycles. The Morgan fingerprint density at radius 3 is 2.64 bits per heavy atom. The molecule has 3 unspecified atom stereocenters. The smallest absolute Gasteiger partial charge is 0.106 e. The first-order valence-electron chi connectivity index (χ1n) is 4.08. The molecule has 2 aliphatic rings. The molecule has 0 spiro atoms. The van der Waals surface area contributed by atoms with E-state index in [-0.39, 0.29) is 17.6 Å². The molecule has 3 nitrogen and oxygen atoms in total. The normalized spacial score (nSPS) is 62.2. The van der Waals surface area contributed by atoms with Crippen LogP contribution in [0.3, 0.4) is 0 Å². The summed E-state index contributed by atoms with van der Waals surface area (Å²) >= 11 is 0. The van der Waals surface area contributed by atoms with Crippen LogP contribution in [-0.2, 0) is 4.74 Å². The van der Waals surface area contributed by atoms with E-state index in [9.17, 15) is 10.2 Å². The summed E-state index contributed by atoms with van der Waals surface area (Å²) in [7, 11) is 0. The molecule has 11 heavy (non-hydrogen) atoms. The topological polar surface area (TPSA) is 49.7 Å². The van der Waals surface area contributed by atoms with Gasteiger partial charge in [0.25, 0.3) is 0 Å². The van der Waals surface area contributed by atoms with Crippen LogP contribution in [0.1, 0.15) is 20.3 Å². The molecule has 1 aliphatic heterocycles. The third kappa shape index (κ3) is 0.916. The molecule has 3 heteroatoms. The highest BCUT2D eigenvalue weighted by molar-refractivity contribution is 5.11. The number of ether oxygens (including phenoxy) is 1. The van der Waals surface area contributed by atoms with Crippen molar-refractivity contribution in [3.8, 4) is 0 Å². The van der Waals surface area contributed by atoms with E-state index in [1.807, 2.05) is 6.92 Å². The maximum absolute atomic E-state index is 9.49. The quantitative estimate of drug-likeness (QED) is 0.518. The highest BCUT2D eigenvalue weighted by Crippen LogP contribution is 2.53. The molecule has 5 atom stereocenters. The fourth-order valence-electron chi connectivity index (χ4n) is 2.01. The Balaban J connectivity index is 2.14. The molecule has 1 saturated carbocycles. The summed E-state index contributed by atoms with van der Waals surface area (Å²) in [5.41, 5.74) is -0.141. The van der Waals surface area contributed by atoms with E-state index < -0.39 is 12.2 Å². The lowest BCUT2D eigenvalue weighted by Gasteiger charge is -2.33. The van der Waals surface area contributed by atoms with Crippen LogP contribution >= 0.6 is 0 Å². The van der Waals surface area contributed by atoms with E-state index in [0.29, 0.717) is 0 Å². The predicted molar refractivity (Wildman–Crippen MR) is 39.1 cm³/mol. The lowest BCUT2D eigenvalue weighted by Crippen LogP contribution is -2.47. The molecule has 0 aromatic rings. The molecule has 2 fully saturated rings. The molecular formula is C8H14O3. The first kappa shape index (κ1) is 7.53. The Morgan fingerprint density at radius 1 is 1.36 bits per heavy atom. The zero-order chi connectivity index (χ0) is 8.22. The Bertz CT molecular complexity index is 180. The van der Waals surface area contributed by atoms with Gasteiger partial charge >= 0.3 is 0 Å². The monoisotopic (exact) mass is 158 g/mol. The molecule has 2 N–H and O–H groups in total. The standard InChI is InChI=1S/C8H14O3/c1-4-6(9)7(10)5-3-8(5,2)11-4/h4-7,9-10H,3H2,1-2H3/t4?,5?,6-,7+,8?/m1/s1. The van der Waals surface area contributed by atoms with Gasteiger partial charge in [-0.15, -0.1) is 0 Å². The van der Waals surface area contributed by atoms with E-state index in [4.69, 9.17) is 4.74 Å². The summed E-state index contributed by atoms with van der Waals surface area (Å²) < 4.78 is 5.52. The van der Waals surface area contributed by atoms with Gasteiger partial charge in [-0.1, -0.05) is 0 Å². The van der Waals surface area contributed by atoms with Crippen LogP contribution in [0.4, 0.5) is 0 Å². The van der Waals surface area contributed by atoms with Gasteiger partial charge in [0, 0.05) is 5.92 Å². The minimum atomic E-state index is -0.699. The third-order valence-corrected chi connectivity index (χ3v) is 2.95. The molecule has 0 bridgehead atoms. The van der Waals surface area contributed by atoms with Crippen molar-refractivity contribution in [2.24, 2.45) is 5.92 Å². The first-order chi connectivity index (χ1) is 5.04. The van der Waals surface area contributed by atoms with Gasteiger partial charge in [-0.25, -0.2) is 0 Å². The molecule has 0 amide bonds. The van der Waals surface area contributed by atoms with Crippen molar-refractivity contribution in [3.63, 3.8) is 0 Å². The van der Waals surface area contributed by atoms with Gasteiger partial charge in [0.1, 0.15) is 6.10 Å². The van der Waals surface area contributed by atoms with Crippen LogP contribution < -0.4 is 0 Å². The van der Waals surface area contributed by atoms with Crippen molar-refractivity contribution in [3.05, 3.63) is 0 Å². The molecule has 0 aromatic heterocycles. The zero-order valence-electron chi connectivity index (χ0n) is 6.82. The second-order valence-corrected chi connectivity index (χ2v) is 3.93. The highest BCUT2D eigenvalue weighted by atomic mass is 16.5. The zero-order valence-corrected chi connectivity index (χ0v) is 6.82. The lowest BCUT2D eigenvalue weighted by molar-refractivity contribution is -0.162. The largest absolute Gasteiger partial charge is 0.390 e. The number of fused-ring (bicyclic) bond motifs is 1. The van der Waals surface area contributed by atoms with Crippen LogP contribution in [0, 0.1) is 5.92 Å². The van der Waals surface area contributed by atoms with Crippen LogP contribution in [-0.4, -0.2) is 34.1 Å². The summed E-state index contributed by atoms with van der Waals surface area (Å²) in [6.07, 6.45) is -0.622. The third-order valence-electron chi connectivity index (χ3n) is 2.95. The Morgan fingerprint density at radius 2 is 2.00 bits per heavy atom. The summed E-state index contributed by atoms with van der Waals surface area (Å²) in [6.45, 7) is 3.79. The van der Waals surface area contributed by atoms with E-state index in [1.165, 1.54) is 0 Å². The van der Waals surface area contributed by atoms with Crippen molar-refractivity contribution < 1.29 is 14.9 Å². The lowest BCUT2D eigenvalue weighted by atomic mass is 9.99. The number of aliphatic hydroxyl groups is 2. The van der Waals surface area contributed by atoms with Gasteiger partial charge in [0.05, 0.1) is 17.8 Å².